The SMILES string of the molecule is O=C(Cc1cccnc1)N1CCOC2(CCCCN(c3ccccc3)C2=O)C1. The number of carbonyl (C=O) groups is 2. The van der Waals surface area contributed by atoms with Gasteiger partial charge in [0.15, 0.2) is 5.60 Å². The van der Waals surface area contributed by atoms with Crippen LogP contribution in [-0.2, 0) is 20.7 Å². The summed E-state index contributed by atoms with van der Waals surface area (Å²) < 4.78 is 6.08. The van der Waals surface area contributed by atoms with Crippen molar-refractivity contribution >= 4 is 17.5 Å². The van der Waals surface area contributed by atoms with Crippen LogP contribution in [-0.4, -0.2) is 53.5 Å². The molecule has 0 bridgehead atoms. The molecule has 2 aliphatic rings. The molecule has 1 spiro atoms. The lowest BCUT2D eigenvalue weighted by atomic mass is 9.93. The maximum absolute atomic E-state index is 13.5. The molecular formula is C22H25N3O3. The Morgan fingerprint density at radius 3 is 2.75 bits per heavy atom. The number of nitrogens with zero attached hydrogens (tertiary/aromatic N) is 3. The van der Waals surface area contributed by atoms with Gasteiger partial charge in [0.05, 0.1) is 19.6 Å². The minimum atomic E-state index is -0.949. The Kier molecular flexibility index (Phi) is 5.39. The molecule has 1 aromatic heterocycles. The molecule has 2 saturated heterocycles. The normalized spacial score (nSPS) is 22.9. The summed E-state index contributed by atoms with van der Waals surface area (Å²) in [6.07, 6.45) is 6.17. The van der Waals surface area contributed by atoms with Crippen LogP contribution >= 0.6 is 0 Å². The maximum atomic E-state index is 13.5. The maximum Gasteiger partial charge on any atom is 0.261 e. The minimum absolute atomic E-state index is 0.0129. The number of amides is 2. The predicted molar refractivity (Wildman–Crippen MR) is 106 cm³/mol. The summed E-state index contributed by atoms with van der Waals surface area (Å²) in [4.78, 5) is 34.0. The van der Waals surface area contributed by atoms with Crippen LogP contribution in [0.1, 0.15) is 24.8 Å². The summed E-state index contributed by atoms with van der Waals surface area (Å²) >= 11 is 0. The smallest absolute Gasteiger partial charge is 0.261 e. The van der Waals surface area contributed by atoms with Gasteiger partial charge in [-0.2, -0.15) is 0 Å². The van der Waals surface area contributed by atoms with Crippen molar-refractivity contribution in [3.8, 4) is 0 Å². The number of ether oxygens (including phenoxy) is 1. The standard InChI is InChI=1S/C22H25N3O3/c26-20(15-18-7-6-11-23-16-18)24-13-14-28-22(17-24)10-4-5-12-25(21(22)27)19-8-2-1-3-9-19/h1-3,6-9,11,16H,4-5,10,12-15,17H2. The summed E-state index contributed by atoms with van der Waals surface area (Å²) in [5.41, 5.74) is 0.817. The lowest BCUT2D eigenvalue weighted by molar-refractivity contribution is -0.164. The number of benzene rings is 1. The van der Waals surface area contributed by atoms with E-state index in [2.05, 4.69) is 4.98 Å². The molecule has 146 valence electrons. The van der Waals surface area contributed by atoms with Gasteiger partial charge in [-0.1, -0.05) is 24.3 Å². The van der Waals surface area contributed by atoms with Crippen LogP contribution in [0.5, 0.6) is 0 Å². The lowest BCUT2D eigenvalue weighted by Gasteiger charge is -2.42. The second-order valence-corrected chi connectivity index (χ2v) is 7.45. The molecule has 2 fully saturated rings. The van der Waals surface area contributed by atoms with E-state index < -0.39 is 5.60 Å². The third-order valence-electron chi connectivity index (χ3n) is 5.53. The molecular weight excluding hydrogens is 354 g/mol. The van der Waals surface area contributed by atoms with Gasteiger partial charge in [0.1, 0.15) is 0 Å². The van der Waals surface area contributed by atoms with Gasteiger partial charge in [-0.15, -0.1) is 0 Å². The van der Waals surface area contributed by atoms with E-state index in [1.54, 1.807) is 17.3 Å². The first-order valence-electron chi connectivity index (χ1n) is 9.86. The number of hydrogen-bond donors (Lipinski definition) is 0. The van der Waals surface area contributed by atoms with Crippen molar-refractivity contribution in [1.82, 2.24) is 9.88 Å². The van der Waals surface area contributed by atoms with Gasteiger partial charge in [0.25, 0.3) is 5.91 Å². The van der Waals surface area contributed by atoms with Gasteiger partial charge in [0, 0.05) is 31.2 Å². The van der Waals surface area contributed by atoms with Crippen LogP contribution in [0.4, 0.5) is 5.69 Å². The zero-order chi connectivity index (χ0) is 19.4. The summed E-state index contributed by atoms with van der Waals surface area (Å²) in [5, 5.41) is 0. The fraction of sp³-hybridized carbons (Fsp3) is 0.409. The van der Waals surface area contributed by atoms with E-state index in [1.165, 1.54) is 0 Å². The van der Waals surface area contributed by atoms with E-state index in [0.29, 0.717) is 39.1 Å². The van der Waals surface area contributed by atoms with Crippen LogP contribution in [0.2, 0.25) is 0 Å². The fourth-order valence-corrected chi connectivity index (χ4v) is 4.06. The van der Waals surface area contributed by atoms with Crippen LogP contribution in [0.3, 0.4) is 0 Å². The molecule has 0 N–H and O–H groups in total. The predicted octanol–water partition coefficient (Wildman–Crippen LogP) is 2.44. The van der Waals surface area contributed by atoms with Gasteiger partial charge in [-0.3, -0.25) is 14.6 Å². The number of aromatic nitrogens is 1. The highest BCUT2D eigenvalue weighted by molar-refractivity contribution is 6.00. The minimum Gasteiger partial charge on any atom is -0.361 e. The van der Waals surface area contributed by atoms with E-state index in [9.17, 15) is 9.59 Å². The summed E-state index contributed by atoms with van der Waals surface area (Å²) in [6.45, 7) is 1.89. The summed E-state index contributed by atoms with van der Waals surface area (Å²) in [6, 6.07) is 13.4. The van der Waals surface area contributed by atoms with E-state index in [1.807, 2.05) is 47.4 Å². The molecule has 6 nitrogen and oxygen atoms in total. The molecule has 3 heterocycles. The Morgan fingerprint density at radius 2 is 1.96 bits per heavy atom. The number of morpholine rings is 1. The second-order valence-electron chi connectivity index (χ2n) is 7.45. The topological polar surface area (TPSA) is 62.7 Å². The Balaban J connectivity index is 1.53. The first-order valence-corrected chi connectivity index (χ1v) is 9.86. The quantitative estimate of drug-likeness (QED) is 0.822. The molecule has 0 saturated carbocycles. The number of para-hydroxylation sites is 1. The van der Waals surface area contributed by atoms with Gasteiger partial charge in [0.2, 0.25) is 5.91 Å². The zero-order valence-electron chi connectivity index (χ0n) is 15.9. The molecule has 1 atom stereocenters. The van der Waals surface area contributed by atoms with E-state index in [0.717, 1.165) is 24.1 Å². The average molecular weight is 379 g/mol. The van der Waals surface area contributed by atoms with E-state index in [4.69, 9.17) is 4.74 Å². The number of carbonyl (C=O) groups excluding carboxylic acids is 2. The Morgan fingerprint density at radius 1 is 1.11 bits per heavy atom. The van der Waals surface area contributed by atoms with E-state index in [-0.39, 0.29) is 11.8 Å². The monoisotopic (exact) mass is 379 g/mol. The fourth-order valence-electron chi connectivity index (χ4n) is 4.06. The number of hydrogen-bond acceptors (Lipinski definition) is 4. The van der Waals surface area contributed by atoms with Gasteiger partial charge in [-0.25, -0.2) is 0 Å². The van der Waals surface area contributed by atoms with Crippen molar-refractivity contribution in [2.75, 3.05) is 31.1 Å². The molecule has 2 amide bonds. The number of anilines is 1. The Labute approximate surface area is 165 Å². The highest BCUT2D eigenvalue weighted by atomic mass is 16.5. The zero-order valence-corrected chi connectivity index (χ0v) is 15.9. The van der Waals surface area contributed by atoms with Gasteiger partial charge >= 0.3 is 0 Å². The Bertz CT molecular complexity index is 827. The van der Waals surface area contributed by atoms with Crippen LogP contribution in [0.25, 0.3) is 0 Å². The third-order valence-corrected chi connectivity index (χ3v) is 5.53. The summed E-state index contributed by atoms with van der Waals surface area (Å²) in [7, 11) is 0. The molecule has 4 rings (SSSR count). The molecule has 2 aromatic rings. The van der Waals surface area contributed by atoms with Crippen LogP contribution < -0.4 is 4.90 Å². The first-order chi connectivity index (χ1) is 13.7. The molecule has 6 heteroatoms. The first kappa shape index (κ1) is 18.6. The van der Waals surface area contributed by atoms with Crippen molar-refractivity contribution in [2.45, 2.75) is 31.3 Å². The molecule has 0 aliphatic carbocycles. The van der Waals surface area contributed by atoms with Crippen LogP contribution in [0, 0.1) is 0 Å². The lowest BCUT2D eigenvalue weighted by Crippen LogP contribution is -2.61. The van der Waals surface area contributed by atoms with Crippen molar-refractivity contribution in [3.05, 3.63) is 60.4 Å². The molecule has 0 radical (unpaired) electrons. The second kappa shape index (κ2) is 8.10. The Hall–Kier alpha value is -2.73. The van der Waals surface area contributed by atoms with Crippen molar-refractivity contribution < 1.29 is 14.3 Å². The highest BCUT2D eigenvalue weighted by Crippen LogP contribution is 2.32. The highest BCUT2D eigenvalue weighted by Gasteiger charge is 2.48. The molecule has 28 heavy (non-hydrogen) atoms. The largest absolute Gasteiger partial charge is 0.361 e. The molecule has 2 aliphatic heterocycles. The van der Waals surface area contributed by atoms with Crippen LogP contribution in [0.15, 0.2) is 54.9 Å². The molecule has 1 aromatic carbocycles. The van der Waals surface area contributed by atoms with E-state index >= 15 is 0 Å². The van der Waals surface area contributed by atoms with Crippen molar-refractivity contribution in [2.24, 2.45) is 0 Å². The average Bonchev–Trinajstić information content (AvgIpc) is 2.89. The number of pyridine rings is 1. The van der Waals surface area contributed by atoms with Crippen molar-refractivity contribution in [3.63, 3.8) is 0 Å². The van der Waals surface area contributed by atoms with Crippen molar-refractivity contribution in [1.29, 1.82) is 0 Å². The number of rotatable bonds is 3. The summed E-state index contributed by atoms with van der Waals surface area (Å²) in [5.74, 6) is -0.0194. The van der Waals surface area contributed by atoms with Gasteiger partial charge in [-0.05, 0) is 43.0 Å². The van der Waals surface area contributed by atoms with Gasteiger partial charge < -0.3 is 14.5 Å². The third kappa shape index (κ3) is 3.78. The molecule has 1 unspecified atom stereocenters.